The van der Waals surface area contributed by atoms with Crippen molar-refractivity contribution in [2.45, 2.75) is 26.0 Å². The van der Waals surface area contributed by atoms with Gasteiger partial charge in [-0.15, -0.1) is 0 Å². The number of likely N-dealkylation sites (N-methyl/N-ethyl adjacent to an activating group) is 1. The zero-order chi connectivity index (χ0) is 19.4. The Morgan fingerprint density at radius 2 is 2.11 bits per heavy atom. The maximum atomic E-state index is 12.5. The molecule has 2 aromatic rings. The fourth-order valence-corrected chi connectivity index (χ4v) is 2.81. The van der Waals surface area contributed by atoms with E-state index in [1.54, 1.807) is 36.2 Å². The monoisotopic (exact) mass is 374 g/mol. The van der Waals surface area contributed by atoms with Gasteiger partial charge in [-0.05, 0) is 31.5 Å². The highest BCUT2D eigenvalue weighted by Gasteiger charge is 2.27. The quantitative estimate of drug-likeness (QED) is 0.687. The van der Waals surface area contributed by atoms with Gasteiger partial charge in [-0.2, -0.15) is 0 Å². The Morgan fingerprint density at radius 3 is 2.78 bits per heavy atom. The molecule has 1 aliphatic heterocycles. The summed E-state index contributed by atoms with van der Waals surface area (Å²) in [5, 5.41) is 3.84. The Kier molecular flexibility index (Phi) is 5.75. The van der Waals surface area contributed by atoms with E-state index in [4.69, 9.17) is 18.7 Å². The van der Waals surface area contributed by atoms with Crippen molar-refractivity contribution in [3.63, 3.8) is 0 Å². The molecule has 8 heteroatoms. The standard InChI is InChI=1S/C19H22N2O6/c1-12(22)13-4-5-17(18(8-13)24-3)26-11-15-9-16(20-27-15)19(23)21(2)14-6-7-25-10-14/h4-5,8-9,14H,6-7,10-11H2,1-3H3. The highest BCUT2D eigenvalue weighted by molar-refractivity contribution is 5.94. The van der Waals surface area contributed by atoms with Crippen molar-refractivity contribution in [3.8, 4) is 11.5 Å². The molecular formula is C19H22N2O6. The van der Waals surface area contributed by atoms with Crippen LogP contribution in [-0.4, -0.2) is 55.2 Å². The molecule has 27 heavy (non-hydrogen) atoms. The molecule has 0 radical (unpaired) electrons. The molecule has 1 unspecified atom stereocenters. The van der Waals surface area contributed by atoms with Crippen molar-refractivity contribution in [1.29, 1.82) is 0 Å². The first kappa shape index (κ1) is 18.9. The Bertz CT molecular complexity index is 825. The number of Topliss-reactive ketones (excluding diaryl/α,β-unsaturated/α-hetero) is 1. The first-order valence-electron chi connectivity index (χ1n) is 8.62. The van der Waals surface area contributed by atoms with Crippen LogP contribution >= 0.6 is 0 Å². The number of rotatable bonds is 7. The molecule has 0 N–H and O–H groups in total. The Hall–Kier alpha value is -2.87. The minimum absolute atomic E-state index is 0.0537. The van der Waals surface area contributed by atoms with Crippen LogP contribution in [0.15, 0.2) is 28.8 Å². The van der Waals surface area contributed by atoms with E-state index in [9.17, 15) is 9.59 Å². The number of ketones is 1. The van der Waals surface area contributed by atoms with Gasteiger partial charge in [0, 0.05) is 25.3 Å². The maximum Gasteiger partial charge on any atom is 0.276 e. The molecule has 1 aromatic heterocycles. The van der Waals surface area contributed by atoms with Crippen molar-refractivity contribution in [1.82, 2.24) is 10.1 Å². The molecule has 0 bridgehead atoms. The van der Waals surface area contributed by atoms with Crippen LogP contribution in [0.4, 0.5) is 0 Å². The van der Waals surface area contributed by atoms with Crippen LogP contribution in [0.2, 0.25) is 0 Å². The van der Waals surface area contributed by atoms with Crippen LogP contribution in [0.1, 0.15) is 40.0 Å². The van der Waals surface area contributed by atoms with E-state index >= 15 is 0 Å². The topological polar surface area (TPSA) is 91.1 Å². The third kappa shape index (κ3) is 4.28. The molecule has 144 valence electrons. The highest BCUT2D eigenvalue weighted by atomic mass is 16.5. The lowest BCUT2D eigenvalue weighted by Crippen LogP contribution is -2.37. The maximum absolute atomic E-state index is 12.5. The number of amides is 1. The normalized spacial score (nSPS) is 16.2. The van der Waals surface area contributed by atoms with Crippen molar-refractivity contribution in [3.05, 3.63) is 41.3 Å². The van der Waals surface area contributed by atoms with Gasteiger partial charge in [0.15, 0.2) is 28.7 Å². The van der Waals surface area contributed by atoms with Gasteiger partial charge in [0.05, 0.1) is 19.8 Å². The molecular weight excluding hydrogens is 352 g/mol. The number of ether oxygens (including phenoxy) is 3. The number of aromatic nitrogens is 1. The molecule has 1 amide bonds. The third-order valence-electron chi connectivity index (χ3n) is 4.49. The number of benzene rings is 1. The number of hydrogen-bond acceptors (Lipinski definition) is 7. The lowest BCUT2D eigenvalue weighted by atomic mass is 10.1. The molecule has 1 aromatic carbocycles. The smallest absolute Gasteiger partial charge is 0.276 e. The fourth-order valence-electron chi connectivity index (χ4n) is 2.81. The van der Waals surface area contributed by atoms with Crippen LogP contribution in [0.25, 0.3) is 0 Å². The second kappa shape index (κ2) is 8.22. The van der Waals surface area contributed by atoms with Gasteiger partial charge in [0.2, 0.25) is 0 Å². The average Bonchev–Trinajstić information content (AvgIpc) is 3.36. The summed E-state index contributed by atoms with van der Waals surface area (Å²) >= 11 is 0. The lowest BCUT2D eigenvalue weighted by Gasteiger charge is -2.21. The van der Waals surface area contributed by atoms with E-state index < -0.39 is 0 Å². The lowest BCUT2D eigenvalue weighted by molar-refractivity contribution is 0.0700. The number of carbonyl (C=O) groups excluding carboxylic acids is 2. The van der Waals surface area contributed by atoms with Gasteiger partial charge in [0.25, 0.3) is 5.91 Å². The molecule has 1 saturated heterocycles. The molecule has 0 saturated carbocycles. The van der Waals surface area contributed by atoms with Crippen LogP contribution in [0, 0.1) is 0 Å². The van der Waals surface area contributed by atoms with Crippen LogP contribution < -0.4 is 9.47 Å². The van der Waals surface area contributed by atoms with E-state index in [0.717, 1.165) is 6.42 Å². The zero-order valence-electron chi connectivity index (χ0n) is 15.6. The van der Waals surface area contributed by atoms with Gasteiger partial charge < -0.3 is 23.6 Å². The van der Waals surface area contributed by atoms with Crippen LogP contribution in [0.5, 0.6) is 11.5 Å². The van der Waals surface area contributed by atoms with Crippen LogP contribution in [0.3, 0.4) is 0 Å². The molecule has 2 heterocycles. The molecule has 1 fully saturated rings. The summed E-state index contributed by atoms with van der Waals surface area (Å²) in [5.41, 5.74) is 0.757. The Labute approximate surface area is 157 Å². The first-order valence-corrected chi connectivity index (χ1v) is 8.62. The summed E-state index contributed by atoms with van der Waals surface area (Å²) in [7, 11) is 3.23. The minimum Gasteiger partial charge on any atom is -0.493 e. The third-order valence-corrected chi connectivity index (χ3v) is 4.49. The van der Waals surface area contributed by atoms with E-state index in [1.807, 2.05) is 0 Å². The minimum atomic E-state index is -0.219. The number of hydrogen-bond donors (Lipinski definition) is 0. The number of methoxy groups -OCH3 is 1. The zero-order valence-corrected chi connectivity index (χ0v) is 15.6. The number of carbonyl (C=O) groups is 2. The molecule has 1 aliphatic rings. The fraction of sp³-hybridized carbons (Fsp3) is 0.421. The van der Waals surface area contributed by atoms with E-state index in [1.165, 1.54) is 14.0 Å². The van der Waals surface area contributed by atoms with Crippen LogP contribution in [-0.2, 0) is 11.3 Å². The summed E-state index contributed by atoms with van der Waals surface area (Å²) in [6, 6.07) is 6.55. The summed E-state index contributed by atoms with van der Waals surface area (Å²) < 4.78 is 21.5. The van der Waals surface area contributed by atoms with E-state index in [2.05, 4.69) is 5.16 Å². The molecule has 8 nitrogen and oxygen atoms in total. The SMILES string of the molecule is COc1cc(C(C)=O)ccc1OCc1cc(C(=O)N(C)C2CCOC2)no1. The predicted molar refractivity (Wildman–Crippen MR) is 95.2 cm³/mol. The second-order valence-electron chi connectivity index (χ2n) is 6.32. The first-order chi connectivity index (χ1) is 13.0. The second-order valence-corrected chi connectivity index (χ2v) is 6.32. The Balaban J connectivity index is 1.64. The summed E-state index contributed by atoms with van der Waals surface area (Å²) in [4.78, 5) is 25.6. The Morgan fingerprint density at radius 1 is 1.30 bits per heavy atom. The van der Waals surface area contributed by atoms with Gasteiger partial charge >= 0.3 is 0 Å². The van der Waals surface area contributed by atoms with Crippen molar-refractivity contribution < 1.29 is 28.3 Å². The van der Waals surface area contributed by atoms with Gasteiger partial charge in [-0.25, -0.2) is 0 Å². The molecule has 1 atom stereocenters. The summed E-state index contributed by atoms with van der Waals surface area (Å²) in [6.45, 7) is 2.75. The average molecular weight is 374 g/mol. The molecule has 0 aliphatic carbocycles. The highest BCUT2D eigenvalue weighted by Crippen LogP contribution is 2.29. The van der Waals surface area contributed by atoms with E-state index in [-0.39, 0.29) is 30.0 Å². The summed E-state index contributed by atoms with van der Waals surface area (Å²) in [6.07, 6.45) is 0.812. The van der Waals surface area contributed by atoms with Gasteiger partial charge in [-0.1, -0.05) is 5.16 Å². The van der Waals surface area contributed by atoms with E-state index in [0.29, 0.717) is 36.0 Å². The largest absolute Gasteiger partial charge is 0.493 e. The summed E-state index contributed by atoms with van der Waals surface area (Å²) in [5.74, 6) is 1.04. The van der Waals surface area contributed by atoms with Crippen molar-refractivity contribution >= 4 is 11.7 Å². The van der Waals surface area contributed by atoms with Gasteiger partial charge in [0.1, 0.15) is 6.61 Å². The molecule has 0 spiro atoms. The van der Waals surface area contributed by atoms with Crippen molar-refractivity contribution in [2.24, 2.45) is 0 Å². The van der Waals surface area contributed by atoms with Crippen molar-refractivity contribution in [2.75, 3.05) is 27.4 Å². The molecule has 3 rings (SSSR count). The van der Waals surface area contributed by atoms with Gasteiger partial charge in [-0.3, -0.25) is 9.59 Å². The predicted octanol–water partition coefficient (Wildman–Crippen LogP) is 2.33. The number of nitrogens with zero attached hydrogens (tertiary/aromatic N) is 2.